The predicted molar refractivity (Wildman–Crippen MR) is 76.1 cm³/mol. The molecule has 1 aliphatic heterocycles. The van der Waals surface area contributed by atoms with E-state index in [1.165, 1.54) is 11.1 Å². The Labute approximate surface area is 117 Å². The molecule has 19 heavy (non-hydrogen) atoms. The molecule has 0 spiro atoms. The molecular formula is C16H15ClO2. The summed E-state index contributed by atoms with van der Waals surface area (Å²) in [6, 6.07) is 13.9. The quantitative estimate of drug-likeness (QED) is 0.807. The Morgan fingerprint density at radius 2 is 1.95 bits per heavy atom. The summed E-state index contributed by atoms with van der Waals surface area (Å²) in [7, 11) is 1.67. The smallest absolute Gasteiger partial charge is 0.124 e. The predicted octanol–water partition coefficient (Wildman–Crippen LogP) is 4.41. The van der Waals surface area contributed by atoms with Gasteiger partial charge in [0.1, 0.15) is 17.6 Å². The lowest BCUT2D eigenvalue weighted by Gasteiger charge is -2.26. The average Bonchev–Trinajstić information content (AvgIpc) is 2.47. The van der Waals surface area contributed by atoms with Gasteiger partial charge in [-0.05, 0) is 54.3 Å². The Morgan fingerprint density at radius 3 is 2.68 bits per heavy atom. The number of halogens is 1. The third-order valence-corrected chi connectivity index (χ3v) is 3.69. The number of aryl methyl sites for hydroxylation is 1. The van der Waals surface area contributed by atoms with Crippen LogP contribution in [0.25, 0.3) is 0 Å². The van der Waals surface area contributed by atoms with Crippen molar-refractivity contribution in [2.24, 2.45) is 0 Å². The Balaban J connectivity index is 1.82. The largest absolute Gasteiger partial charge is 0.497 e. The van der Waals surface area contributed by atoms with Crippen molar-refractivity contribution in [1.82, 2.24) is 0 Å². The van der Waals surface area contributed by atoms with Gasteiger partial charge in [-0.3, -0.25) is 0 Å². The molecule has 0 bridgehead atoms. The zero-order valence-corrected chi connectivity index (χ0v) is 11.5. The van der Waals surface area contributed by atoms with E-state index >= 15 is 0 Å². The minimum absolute atomic E-state index is 0.111. The molecule has 0 fully saturated rings. The van der Waals surface area contributed by atoms with Crippen LogP contribution in [-0.2, 0) is 6.42 Å². The highest BCUT2D eigenvalue weighted by Crippen LogP contribution is 2.36. The number of hydrogen-bond acceptors (Lipinski definition) is 2. The van der Waals surface area contributed by atoms with Crippen molar-refractivity contribution in [3.8, 4) is 11.5 Å². The SMILES string of the molecule is COc1ccc(C2CCc3cc(Cl)ccc3O2)cc1. The summed E-state index contributed by atoms with van der Waals surface area (Å²) in [6.07, 6.45) is 2.08. The van der Waals surface area contributed by atoms with Gasteiger partial charge in [-0.25, -0.2) is 0 Å². The van der Waals surface area contributed by atoms with Crippen molar-refractivity contribution >= 4 is 11.6 Å². The first-order valence-electron chi connectivity index (χ1n) is 6.35. The molecule has 3 rings (SSSR count). The van der Waals surface area contributed by atoms with Crippen molar-refractivity contribution < 1.29 is 9.47 Å². The Kier molecular flexibility index (Phi) is 3.34. The first kappa shape index (κ1) is 12.4. The number of methoxy groups -OCH3 is 1. The van der Waals surface area contributed by atoms with Crippen LogP contribution in [0, 0.1) is 0 Å². The standard InChI is InChI=1S/C16H15ClO2/c1-18-14-6-2-11(3-7-14)15-8-4-12-10-13(17)5-9-16(12)19-15/h2-3,5-7,9-10,15H,4,8H2,1H3. The maximum atomic E-state index is 6.05. The second-order valence-corrected chi connectivity index (χ2v) is 5.11. The fourth-order valence-electron chi connectivity index (χ4n) is 2.41. The molecule has 2 nitrogen and oxygen atoms in total. The molecule has 3 heteroatoms. The summed E-state index contributed by atoms with van der Waals surface area (Å²) in [5, 5.41) is 0.769. The number of benzene rings is 2. The first-order valence-corrected chi connectivity index (χ1v) is 6.73. The zero-order valence-electron chi connectivity index (χ0n) is 10.7. The van der Waals surface area contributed by atoms with Gasteiger partial charge in [-0.15, -0.1) is 0 Å². The average molecular weight is 275 g/mol. The van der Waals surface area contributed by atoms with Crippen LogP contribution in [0.5, 0.6) is 11.5 Å². The maximum absolute atomic E-state index is 6.05. The Morgan fingerprint density at radius 1 is 1.16 bits per heavy atom. The van der Waals surface area contributed by atoms with Crippen molar-refractivity contribution in [1.29, 1.82) is 0 Å². The van der Waals surface area contributed by atoms with Crippen LogP contribution in [0.4, 0.5) is 0 Å². The highest BCUT2D eigenvalue weighted by Gasteiger charge is 2.21. The second kappa shape index (κ2) is 5.14. The summed E-state index contributed by atoms with van der Waals surface area (Å²) in [5.74, 6) is 1.81. The number of rotatable bonds is 2. The Bertz CT molecular complexity index is 578. The highest BCUT2D eigenvalue weighted by atomic mass is 35.5. The van der Waals surface area contributed by atoms with E-state index < -0.39 is 0 Å². The molecule has 1 unspecified atom stereocenters. The van der Waals surface area contributed by atoms with E-state index in [-0.39, 0.29) is 6.10 Å². The van der Waals surface area contributed by atoms with Gasteiger partial charge < -0.3 is 9.47 Å². The van der Waals surface area contributed by atoms with Crippen LogP contribution >= 0.6 is 11.6 Å². The number of fused-ring (bicyclic) bond motifs is 1. The van der Waals surface area contributed by atoms with Gasteiger partial charge in [-0.1, -0.05) is 23.7 Å². The van der Waals surface area contributed by atoms with E-state index in [9.17, 15) is 0 Å². The third kappa shape index (κ3) is 2.54. The molecule has 0 saturated heterocycles. The van der Waals surface area contributed by atoms with E-state index in [0.717, 1.165) is 29.4 Å². The summed E-state index contributed by atoms with van der Waals surface area (Å²) >= 11 is 5.99. The highest BCUT2D eigenvalue weighted by molar-refractivity contribution is 6.30. The molecule has 1 atom stereocenters. The van der Waals surface area contributed by atoms with Crippen molar-refractivity contribution in [2.45, 2.75) is 18.9 Å². The van der Waals surface area contributed by atoms with E-state index in [1.807, 2.05) is 30.3 Å². The monoisotopic (exact) mass is 274 g/mol. The van der Waals surface area contributed by atoms with Crippen LogP contribution < -0.4 is 9.47 Å². The van der Waals surface area contributed by atoms with Crippen LogP contribution in [0.2, 0.25) is 5.02 Å². The molecule has 1 heterocycles. The summed E-state index contributed by atoms with van der Waals surface area (Å²) in [6.45, 7) is 0. The molecule has 2 aromatic rings. The zero-order chi connectivity index (χ0) is 13.2. The van der Waals surface area contributed by atoms with Crippen molar-refractivity contribution in [3.63, 3.8) is 0 Å². The lowest BCUT2D eigenvalue weighted by atomic mass is 9.97. The van der Waals surface area contributed by atoms with E-state index in [0.29, 0.717) is 0 Å². The third-order valence-electron chi connectivity index (χ3n) is 3.46. The van der Waals surface area contributed by atoms with Gasteiger partial charge in [0.25, 0.3) is 0 Å². The van der Waals surface area contributed by atoms with Gasteiger partial charge >= 0.3 is 0 Å². The number of hydrogen-bond donors (Lipinski definition) is 0. The minimum atomic E-state index is 0.111. The van der Waals surface area contributed by atoms with Crippen LogP contribution in [0.1, 0.15) is 23.7 Å². The van der Waals surface area contributed by atoms with E-state index in [2.05, 4.69) is 12.1 Å². The summed E-state index contributed by atoms with van der Waals surface area (Å²) < 4.78 is 11.2. The summed E-state index contributed by atoms with van der Waals surface area (Å²) in [4.78, 5) is 0. The molecule has 0 saturated carbocycles. The van der Waals surface area contributed by atoms with Gasteiger partial charge in [-0.2, -0.15) is 0 Å². The second-order valence-electron chi connectivity index (χ2n) is 4.67. The van der Waals surface area contributed by atoms with Crippen molar-refractivity contribution in [3.05, 3.63) is 58.6 Å². The molecule has 0 radical (unpaired) electrons. The van der Waals surface area contributed by atoms with Crippen LogP contribution in [0.3, 0.4) is 0 Å². The fourth-order valence-corrected chi connectivity index (χ4v) is 2.61. The molecule has 2 aromatic carbocycles. The number of ether oxygens (including phenoxy) is 2. The van der Waals surface area contributed by atoms with Gasteiger partial charge in [0.05, 0.1) is 7.11 Å². The molecule has 0 N–H and O–H groups in total. The fraction of sp³-hybridized carbons (Fsp3) is 0.250. The lowest BCUT2D eigenvalue weighted by molar-refractivity contribution is 0.176. The molecule has 98 valence electrons. The molecule has 1 aliphatic rings. The van der Waals surface area contributed by atoms with E-state index in [4.69, 9.17) is 21.1 Å². The van der Waals surface area contributed by atoms with Gasteiger partial charge in [0.2, 0.25) is 0 Å². The molecule has 0 aliphatic carbocycles. The first-order chi connectivity index (χ1) is 9.26. The molecule has 0 amide bonds. The Hall–Kier alpha value is -1.67. The lowest BCUT2D eigenvalue weighted by Crippen LogP contribution is -2.15. The van der Waals surface area contributed by atoms with Gasteiger partial charge in [0.15, 0.2) is 0 Å². The normalized spacial score (nSPS) is 17.5. The van der Waals surface area contributed by atoms with Crippen molar-refractivity contribution in [2.75, 3.05) is 7.11 Å². The molecular weight excluding hydrogens is 260 g/mol. The van der Waals surface area contributed by atoms with Crippen LogP contribution in [0.15, 0.2) is 42.5 Å². The topological polar surface area (TPSA) is 18.5 Å². The summed E-state index contributed by atoms with van der Waals surface area (Å²) in [5.41, 5.74) is 2.37. The van der Waals surface area contributed by atoms with E-state index in [1.54, 1.807) is 7.11 Å². The minimum Gasteiger partial charge on any atom is -0.497 e. The van der Waals surface area contributed by atoms with Crippen LogP contribution in [-0.4, -0.2) is 7.11 Å². The van der Waals surface area contributed by atoms with Gasteiger partial charge in [0, 0.05) is 5.02 Å². The maximum Gasteiger partial charge on any atom is 0.124 e. The molecule has 0 aromatic heterocycles.